The van der Waals surface area contributed by atoms with E-state index in [4.69, 9.17) is 15.3 Å². The molecule has 1 spiro atoms. The predicted octanol–water partition coefficient (Wildman–Crippen LogP) is 1.45. The van der Waals surface area contributed by atoms with Gasteiger partial charge in [-0.2, -0.15) is 0 Å². The fourth-order valence-corrected chi connectivity index (χ4v) is 3.18. The lowest BCUT2D eigenvalue weighted by atomic mass is 9.79. The number of nitrogens with two attached hydrogens (primary N) is 1. The highest BCUT2D eigenvalue weighted by molar-refractivity contribution is 4.93. The first kappa shape index (κ1) is 13.3. The Bertz CT molecular complexity index is 240. The van der Waals surface area contributed by atoms with E-state index in [0.717, 1.165) is 45.5 Å². The monoisotopic (exact) mass is 242 g/mol. The third-order valence-electron chi connectivity index (χ3n) is 4.11. The predicted molar refractivity (Wildman–Crippen MR) is 67.4 cm³/mol. The maximum atomic E-state index is 5.96. The Morgan fingerprint density at radius 3 is 2.82 bits per heavy atom. The zero-order chi connectivity index (χ0) is 12.3. The molecule has 17 heavy (non-hydrogen) atoms. The van der Waals surface area contributed by atoms with Crippen LogP contribution in [0.5, 0.6) is 0 Å². The molecule has 2 heterocycles. The molecular weight excluding hydrogens is 216 g/mol. The molecule has 0 saturated carbocycles. The van der Waals surface area contributed by atoms with Gasteiger partial charge in [0.05, 0.1) is 12.2 Å². The van der Waals surface area contributed by atoms with Crippen LogP contribution in [-0.2, 0) is 9.47 Å². The molecule has 0 radical (unpaired) electrons. The van der Waals surface area contributed by atoms with E-state index in [1.165, 1.54) is 0 Å². The number of rotatable bonds is 4. The Hall–Kier alpha value is -0.160. The van der Waals surface area contributed by atoms with Gasteiger partial charge in [0, 0.05) is 25.7 Å². The molecule has 2 aliphatic heterocycles. The molecule has 2 aliphatic rings. The van der Waals surface area contributed by atoms with Gasteiger partial charge in [-0.1, -0.05) is 13.8 Å². The van der Waals surface area contributed by atoms with E-state index in [-0.39, 0.29) is 5.60 Å². The van der Waals surface area contributed by atoms with Gasteiger partial charge in [-0.3, -0.25) is 11.3 Å². The number of hydrazine groups is 1. The van der Waals surface area contributed by atoms with Crippen LogP contribution in [-0.4, -0.2) is 31.5 Å². The normalized spacial score (nSPS) is 35.6. The Balaban J connectivity index is 1.95. The maximum Gasteiger partial charge on any atom is 0.0939 e. The van der Waals surface area contributed by atoms with Crippen molar-refractivity contribution in [2.24, 2.45) is 17.7 Å². The summed E-state index contributed by atoms with van der Waals surface area (Å²) in [5, 5.41) is 0. The number of hydrogen-bond acceptors (Lipinski definition) is 4. The molecule has 3 N–H and O–H groups in total. The largest absolute Gasteiger partial charge is 0.378 e. The second-order valence-corrected chi connectivity index (χ2v) is 5.99. The molecule has 4 nitrogen and oxygen atoms in total. The van der Waals surface area contributed by atoms with Gasteiger partial charge in [-0.25, -0.2) is 0 Å². The Kier molecular flexibility index (Phi) is 4.42. The lowest BCUT2D eigenvalue weighted by Gasteiger charge is -2.40. The first-order valence-electron chi connectivity index (χ1n) is 6.83. The van der Waals surface area contributed by atoms with Gasteiger partial charge in [0.25, 0.3) is 0 Å². The van der Waals surface area contributed by atoms with Crippen molar-refractivity contribution in [3.05, 3.63) is 0 Å². The molecule has 4 heteroatoms. The van der Waals surface area contributed by atoms with Gasteiger partial charge in [-0.05, 0) is 31.1 Å². The van der Waals surface area contributed by atoms with Crippen LogP contribution in [0.1, 0.15) is 39.5 Å². The molecule has 3 atom stereocenters. The van der Waals surface area contributed by atoms with Crippen LogP contribution in [0.15, 0.2) is 0 Å². The molecule has 2 fully saturated rings. The maximum absolute atomic E-state index is 5.96. The number of nitrogens with one attached hydrogen (secondary N) is 1. The second-order valence-electron chi connectivity index (χ2n) is 5.99. The summed E-state index contributed by atoms with van der Waals surface area (Å²) >= 11 is 0. The van der Waals surface area contributed by atoms with Crippen molar-refractivity contribution in [1.82, 2.24) is 5.43 Å². The average molecular weight is 242 g/mol. The summed E-state index contributed by atoms with van der Waals surface area (Å²) in [6, 6.07) is 0.413. The summed E-state index contributed by atoms with van der Waals surface area (Å²) in [6.45, 7) is 6.96. The summed E-state index contributed by atoms with van der Waals surface area (Å²) in [7, 11) is 0. The molecule has 0 aromatic rings. The van der Waals surface area contributed by atoms with Crippen LogP contribution in [0.25, 0.3) is 0 Å². The minimum atomic E-state index is -0.00496. The van der Waals surface area contributed by atoms with Crippen LogP contribution in [0.3, 0.4) is 0 Å². The SMILES string of the molecule is CC(C)CC(NN)C1CCOC2(CCOC2)C1. The summed E-state index contributed by atoms with van der Waals surface area (Å²) in [6.07, 6.45) is 4.39. The van der Waals surface area contributed by atoms with Gasteiger partial charge in [0.15, 0.2) is 0 Å². The van der Waals surface area contributed by atoms with Gasteiger partial charge in [-0.15, -0.1) is 0 Å². The molecule has 2 rings (SSSR count). The highest BCUT2D eigenvalue weighted by Crippen LogP contribution is 2.37. The molecule has 0 amide bonds. The van der Waals surface area contributed by atoms with Crippen molar-refractivity contribution in [2.75, 3.05) is 19.8 Å². The van der Waals surface area contributed by atoms with Crippen molar-refractivity contribution in [3.63, 3.8) is 0 Å². The van der Waals surface area contributed by atoms with E-state index < -0.39 is 0 Å². The van der Waals surface area contributed by atoms with E-state index in [2.05, 4.69) is 19.3 Å². The van der Waals surface area contributed by atoms with Crippen molar-refractivity contribution in [1.29, 1.82) is 0 Å². The highest BCUT2D eigenvalue weighted by Gasteiger charge is 2.42. The first-order valence-corrected chi connectivity index (χ1v) is 6.83. The molecule has 2 saturated heterocycles. The number of ether oxygens (including phenoxy) is 2. The lowest BCUT2D eigenvalue weighted by Crippen LogP contribution is -2.49. The molecule has 100 valence electrons. The van der Waals surface area contributed by atoms with Crippen molar-refractivity contribution < 1.29 is 9.47 Å². The van der Waals surface area contributed by atoms with Gasteiger partial charge in [0.1, 0.15) is 0 Å². The molecule has 3 unspecified atom stereocenters. The molecule has 0 bridgehead atoms. The fraction of sp³-hybridized carbons (Fsp3) is 1.00. The quantitative estimate of drug-likeness (QED) is 0.579. The van der Waals surface area contributed by atoms with Crippen LogP contribution in [0.2, 0.25) is 0 Å². The van der Waals surface area contributed by atoms with Crippen LogP contribution < -0.4 is 11.3 Å². The van der Waals surface area contributed by atoms with Crippen molar-refractivity contribution in [3.8, 4) is 0 Å². The smallest absolute Gasteiger partial charge is 0.0939 e. The summed E-state index contributed by atoms with van der Waals surface area (Å²) in [5.41, 5.74) is 3.01. The molecule has 0 aromatic carbocycles. The van der Waals surface area contributed by atoms with Crippen molar-refractivity contribution in [2.45, 2.75) is 51.2 Å². The zero-order valence-corrected chi connectivity index (χ0v) is 11.1. The van der Waals surface area contributed by atoms with E-state index >= 15 is 0 Å². The Morgan fingerprint density at radius 1 is 1.41 bits per heavy atom. The standard InChI is InChI=1S/C13H26N2O2/c1-10(2)7-12(15-14)11-3-5-17-13(8-11)4-6-16-9-13/h10-12,15H,3-9,14H2,1-2H3. The van der Waals surface area contributed by atoms with Gasteiger partial charge < -0.3 is 9.47 Å². The van der Waals surface area contributed by atoms with Crippen molar-refractivity contribution >= 4 is 0 Å². The Labute approximate surface area is 104 Å². The lowest BCUT2D eigenvalue weighted by molar-refractivity contribution is -0.104. The van der Waals surface area contributed by atoms with E-state index in [1.807, 2.05) is 0 Å². The fourth-order valence-electron chi connectivity index (χ4n) is 3.18. The summed E-state index contributed by atoms with van der Waals surface area (Å²) in [5.74, 6) is 7.02. The molecular formula is C13H26N2O2. The van der Waals surface area contributed by atoms with Crippen LogP contribution in [0.4, 0.5) is 0 Å². The third-order valence-corrected chi connectivity index (χ3v) is 4.11. The third kappa shape index (κ3) is 3.19. The van der Waals surface area contributed by atoms with E-state index in [9.17, 15) is 0 Å². The minimum absolute atomic E-state index is 0.00496. The summed E-state index contributed by atoms with van der Waals surface area (Å²) < 4.78 is 11.5. The molecule has 0 aliphatic carbocycles. The van der Waals surface area contributed by atoms with Crippen LogP contribution in [0, 0.1) is 11.8 Å². The van der Waals surface area contributed by atoms with E-state index in [1.54, 1.807) is 0 Å². The second kappa shape index (κ2) is 5.65. The highest BCUT2D eigenvalue weighted by atomic mass is 16.6. The first-order chi connectivity index (χ1) is 8.15. The number of hydrogen-bond donors (Lipinski definition) is 2. The minimum Gasteiger partial charge on any atom is -0.378 e. The molecule has 0 aromatic heterocycles. The summed E-state index contributed by atoms with van der Waals surface area (Å²) in [4.78, 5) is 0. The zero-order valence-electron chi connectivity index (χ0n) is 11.1. The van der Waals surface area contributed by atoms with Gasteiger partial charge in [0.2, 0.25) is 0 Å². The topological polar surface area (TPSA) is 56.5 Å². The average Bonchev–Trinajstić information content (AvgIpc) is 2.74. The van der Waals surface area contributed by atoms with Crippen LogP contribution >= 0.6 is 0 Å². The van der Waals surface area contributed by atoms with Gasteiger partial charge >= 0.3 is 0 Å². The Morgan fingerprint density at radius 2 is 2.24 bits per heavy atom. The van der Waals surface area contributed by atoms with E-state index in [0.29, 0.717) is 17.9 Å².